The zero-order valence-electron chi connectivity index (χ0n) is 14.9. The maximum absolute atomic E-state index is 12.2. The van der Waals surface area contributed by atoms with Crippen LogP contribution >= 0.6 is 39.7 Å². The molecule has 0 saturated heterocycles. The topological polar surface area (TPSA) is 165 Å². The van der Waals surface area contributed by atoms with Gasteiger partial charge in [-0.3, -0.25) is 19.7 Å². The molecule has 0 bridgehead atoms. The number of thiazole rings is 2. The van der Waals surface area contributed by atoms with Gasteiger partial charge in [-0.1, -0.05) is 0 Å². The third-order valence-corrected chi connectivity index (χ3v) is 4.73. The SMILES string of the molecule is Br.NCCCNC(=O)c1csc(NC(=O)c2csc(NC(=O)CCCN)n2)n1. The van der Waals surface area contributed by atoms with Crippen molar-refractivity contribution in [2.45, 2.75) is 19.3 Å². The molecule has 0 saturated carbocycles. The van der Waals surface area contributed by atoms with Crippen molar-refractivity contribution in [3.8, 4) is 0 Å². The molecule has 154 valence electrons. The van der Waals surface area contributed by atoms with Crippen molar-refractivity contribution in [2.24, 2.45) is 11.5 Å². The molecule has 28 heavy (non-hydrogen) atoms. The summed E-state index contributed by atoms with van der Waals surface area (Å²) in [6.45, 7) is 1.38. The number of halogens is 1. The van der Waals surface area contributed by atoms with Gasteiger partial charge in [0.25, 0.3) is 11.8 Å². The lowest BCUT2D eigenvalue weighted by Crippen LogP contribution is -2.26. The predicted molar refractivity (Wildman–Crippen MR) is 115 cm³/mol. The molecule has 0 radical (unpaired) electrons. The summed E-state index contributed by atoms with van der Waals surface area (Å²) in [4.78, 5) is 43.9. The third kappa shape index (κ3) is 7.59. The van der Waals surface area contributed by atoms with Crippen LogP contribution in [0, 0.1) is 0 Å². The highest BCUT2D eigenvalue weighted by molar-refractivity contribution is 8.93. The summed E-state index contributed by atoms with van der Waals surface area (Å²) in [5.74, 6) is -0.999. The molecular formula is C15H22BrN7O3S2. The number of carbonyl (C=O) groups excluding carboxylic acids is 3. The van der Waals surface area contributed by atoms with E-state index in [0.29, 0.717) is 44.0 Å². The standard InChI is InChI=1S/C15H21N7O3S2.BrH/c16-4-1-3-11(23)21-14-20-10(8-26-14)13(25)22-15-19-9(7-27-15)12(24)18-6-2-5-17;/h7-8H,1-6,16-17H2,(H,18,24)(H,19,22,25)(H,20,21,23);1H. The van der Waals surface area contributed by atoms with Crippen molar-refractivity contribution in [1.29, 1.82) is 0 Å². The molecule has 0 aliphatic carbocycles. The number of hydrogen-bond acceptors (Lipinski definition) is 9. The Kier molecular flexibility index (Phi) is 10.8. The fourth-order valence-electron chi connectivity index (χ4n) is 1.87. The summed E-state index contributed by atoms with van der Waals surface area (Å²) in [5, 5.41) is 11.6. The van der Waals surface area contributed by atoms with Gasteiger partial charge >= 0.3 is 0 Å². The molecule has 0 aliphatic rings. The molecule has 7 N–H and O–H groups in total. The van der Waals surface area contributed by atoms with Crippen molar-refractivity contribution in [3.63, 3.8) is 0 Å². The summed E-state index contributed by atoms with van der Waals surface area (Å²) >= 11 is 2.28. The lowest BCUT2D eigenvalue weighted by Gasteiger charge is -2.01. The van der Waals surface area contributed by atoms with Gasteiger partial charge in [0.2, 0.25) is 5.91 Å². The van der Waals surface area contributed by atoms with Crippen LogP contribution in [0.5, 0.6) is 0 Å². The Morgan fingerprint density at radius 3 is 2.07 bits per heavy atom. The van der Waals surface area contributed by atoms with Gasteiger partial charge in [-0.15, -0.1) is 39.7 Å². The number of hydrogen-bond donors (Lipinski definition) is 5. The van der Waals surface area contributed by atoms with Gasteiger partial charge in [0, 0.05) is 23.7 Å². The number of nitrogens with two attached hydrogens (primary N) is 2. The van der Waals surface area contributed by atoms with Gasteiger partial charge < -0.3 is 22.1 Å². The molecule has 0 unspecified atom stereocenters. The van der Waals surface area contributed by atoms with E-state index < -0.39 is 5.91 Å². The van der Waals surface area contributed by atoms with Gasteiger partial charge in [-0.05, 0) is 25.9 Å². The summed E-state index contributed by atoms with van der Waals surface area (Å²) in [6, 6.07) is 0. The smallest absolute Gasteiger partial charge is 0.276 e. The number of amides is 3. The minimum atomic E-state index is -0.474. The van der Waals surface area contributed by atoms with Gasteiger partial charge in [-0.25, -0.2) is 9.97 Å². The largest absolute Gasteiger partial charge is 0.351 e. The second kappa shape index (κ2) is 12.5. The average Bonchev–Trinajstić information content (AvgIpc) is 3.30. The summed E-state index contributed by atoms with van der Waals surface area (Å²) < 4.78 is 0. The first-order valence-electron chi connectivity index (χ1n) is 8.24. The highest BCUT2D eigenvalue weighted by Gasteiger charge is 2.16. The number of anilines is 2. The van der Waals surface area contributed by atoms with E-state index in [-0.39, 0.29) is 45.3 Å². The van der Waals surface area contributed by atoms with Gasteiger partial charge in [0.15, 0.2) is 10.3 Å². The molecule has 3 amide bonds. The van der Waals surface area contributed by atoms with Crippen LogP contribution in [0.15, 0.2) is 10.8 Å². The highest BCUT2D eigenvalue weighted by atomic mass is 79.9. The summed E-state index contributed by atoms with van der Waals surface area (Å²) in [6.07, 6.45) is 1.55. The van der Waals surface area contributed by atoms with Crippen LogP contribution in [0.4, 0.5) is 10.3 Å². The van der Waals surface area contributed by atoms with Crippen molar-refractivity contribution in [2.75, 3.05) is 30.3 Å². The molecule has 13 heteroatoms. The zero-order chi connectivity index (χ0) is 19.6. The molecule has 2 aromatic heterocycles. The zero-order valence-corrected chi connectivity index (χ0v) is 18.2. The van der Waals surface area contributed by atoms with Crippen molar-refractivity contribution in [3.05, 3.63) is 22.1 Å². The molecule has 0 aromatic carbocycles. The highest BCUT2D eigenvalue weighted by Crippen LogP contribution is 2.19. The van der Waals surface area contributed by atoms with Crippen LogP contribution in [-0.4, -0.2) is 47.3 Å². The molecule has 2 rings (SSSR count). The Morgan fingerprint density at radius 1 is 0.893 bits per heavy atom. The Morgan fingerprint density at radius 2 is 1.46 bits per heavy atom. The molecule has 10 nitrogen and oxygen atoms in total. The predicted octanol–water partition coefficient (Wildman–Crippen LogP) is 1.19. The monoisotopic (exact) mass is 491 g/mol. The average molecular weight is 492 g/mol. The second-order valence-corrected chi connectivity index (χ2v) is 7.08. The fourth-order valence-corrected chi connectivity index (χ4v) is 3.26. The van der Waals surface area contributed by atoms with Gasteiger partial charge in [0.1, 0.15) is 11.4 Å². The molecule has 0 atom stereocenters. The Balaban J connectivity index is 0.00000392. The van der Waals surface area contributed by atoms with Crippen LogP contribution < -0.4 is 27.4 Å². The molecule has 0 spiro atoms. The van der Waals surface area contributed by atoms with E-state index >= 15 is 0 Å². The minimum Gasteiger partial charge on any atom is -0.351 e. The summed E-state index contributed by atoms with van der Waals surface area (Å²) in [7, 11) is 0. The van der Waals surface area contributed by atoms with Crippen molar-refractivity contribution >= 4 is 67.6 Å². The molecule has 0 aliphatic heterocycles. The number of rotatable bonds is 10. The second-order valence-electron chi connectivity index (χ2n) is 5.37. The normalized spacial score (nSPS) is 10.1. The Bertz CT molecular complexity index is 796. The van der Waals surface area contributed by atoms with E-state index in [1.807, 2.05) is 0 Å². The first-order chi connectivity index (χ1) is 13.0. The summed E-state index contributed by atoms with van der Waals surface area (Å²) in [5.41, 5.74) is 11.1. The molecule has 2 aromatic rings. The van der Waals surface area contributed by atoms with Crippen LogP contribution in [0.2, 0.25) is 0 Å². The van der Waals surface area contributed by atoms with Crippen LogP contribution in [-0.2, 0) is 4.79 Å². The third-order valence-electron chi connectivity index (χ3n) is 3.21. The first-order valence-corrected chi connectivity index (χ1v) is 10.00. The van der Waals surface area contributed by atoms with E-state index in [2.05, 4.69) is 25.9 Å². The number of aromatic nitrogens is 2. The van der Waals surface area contributed by atoms with Crippen LogP contribution in [0.1, 0.15) is 40.2 Å². The molecule has 2 heterocycles. The van der Waals surface area contributed by atoms with Gasteiger partial charge in [-0.2, -0.15) is 0 Å². The number of nitrogens with one attached hydrogen (secondary N) is 3. The Labute approximate surface area is 180 Å². The Hall–Kier alpha value is -1.93. The maximum atomic E-state index is 12.2. The number of nitrogens with zero attached hydrogens (tertiary/aromatic N) is 2. The van der Waals surface area contributed by atoms with Crippen LogP contribution in [0.25, 0.3) is 0 Å². The maximum Gasteiger partial charge on any atom is 0.276 e. The first kappa shape index (κ1) is 24.1. The fraction of sp³-hybridized carbons (Fsp3) is 0.400. The lowest BCUT2D eigenvalue weighted by atomic mass is 10.3. The van der Waals surface area contributed by atoms with E-state index in [4.69, 9.17) is 11.5 Å². The minimum absolute atomic E-state index is 0. The quantitative estimate of drug-likeness (QED) is 0.311. The van der Waals surface area contributed by atoms with E-state index in [1.54, 1.807) is 5.38 Å². The molecule has 0 fully saturated rings. The van der Waals surface area contributed by atoms with E-state index in [9.17, 15) is 14.4 Å². The van der Waals surface area contributed by atoms with Crippen molar-refractivity contribution in [1.82, 2.24) is 15.3 Å². The lowest BCUT2D eigenvalue weighted by molar-refractivity contribution is -0.116. The molecular weight excluding hydrogens is 470 g/mol. The van der Waals surface area contributed by atoms with Crippen molar-refractivity contribution < 1.29 is 14.4 Å². The van der Waals surface area contributed by atoms with E-state index in [0.717, 1.165) is 22.7 Å². The van der Waals surface area contributed by atoms with Crippen LogP contribution in [0.3, 0.4) is 0 Å². The number of carbonyl (C=O) groups is 3. The van der Waals surface area contributed by atoms with Gasteiger partial charge in [0.05, 0.1) is 0 Å². The van der Waals surface area contributed by atoms with E-state index in [1.165, 1.54) is 5.38 Å².